The molecule has 0 saturated heterocycles. The van der Waals surface area contributed by atoms with Crippen molar-refractivity contribution in [1.29, 1.82) is 0 Å². The SMILES string of the molecule is Cc1ccccc1OCCCCCNc1ncnc2ccccc12. The molecular formula is C20H23N3O. The van der Waals surface area contributed by atoms with Crippen molar-refractivity contribution in [2.45, 2.75) is 26.2 Å². The molecule has 3 rings (SSSR count). The second kappa shape index (κ2) is 8.29. The number of rotatable bonds is 8. The molecular weight excluding hydrogens is 298 g/mol. The van der Waals surface area contributed by atoms with Crippen LogP contribution in [-0.4, -0.2) is 23.1 Å². The first-order valence-corrected chi connectivity index (χ1v) is 8.46. The highest BCUT2D eigenvalue weighted by Crippen LogP contribution is 2.18. The monoisotopic (exact) mass is 321 g/mol. The highest BCUT2D eigenvalue weighted by Gasteiger charge is 2.02. The summed E-state index contributed by atoms with van der Waals surface area (Å²) in [5.74, 6) is 1.90. The second-order valence-electron chi connectivity index (χ2n) is 5.84. The van der Waals surface area contributed by atoms with Crippen LogP contribution < -0.4 is 10.1 Å². The predicted molar refractivity (Wildman–Crippen MR) is 98.6 cm³/mol. The van der Waals surface area contributed by atoms with Crippen LogP contribution in [0, 0.1) is 6.92 Å². The molecule has 1 aromatic heterocycles. The molecule has 4 nitrogen and oxygen atoms in total. The van der Waals surface area contributed by atoms with Gasteiger partial charge in [-0.2, -0.15) is 0 Å². The van der Waals surface area contributed by atoms with Crippen LogP contribution in [0.1, 0.15) is 24.8 Å². The summed E-state index contributed by atoms with van der Waals surface area (Å²) in [5, 5.41) is 4.49. The Morgan fingerprint density at radius 2 is 1.75 bits per heavy atom. The second-order valence-corrected chi connectivity index (χ2v) is 5.84. The van der Waals surface area contributed by atoms with E-state index >= 15 is 0 Å². The molecule has 0 bridgehead atoms. The van der Waals surface area contributed by atoms with Crippen molar-refractivity contribution >= 4 is 16.7 Å². The number of hydrogen-bond acceptors (Lipinski definition) is 4. The predicted octanol–water partition coefficient (Wildman–Crippen LogP) is 4.60. The molecule has 0 spiro atoms. The van der Waals surface area contributed by atoms with Gasteiger partial charge in [-0.15, -0.1) is 0 Å². The van der Waals surface area contributed by atoms with Gasteiger partial charge in [-0.3, -0.25) is 0 Å². The van der Waals surface area contributed by atoms with Crippen molar-refractivity contribution in [2.24, 2.45) is 0 Å². The number of fused-ring (bicyclic) bond motifs is 1. The molecule has 0 aliphatic carbocycles. The van der Waals surface area contributed by atoms with Gasteiger partial charge in [0, 0.05) is 11.9 Å². The Hall–Kier alpha value is -2.62. The molecule has 124 valence electrons. The van der Waals surface area contributed by atoms with Gasteiger partial charge in [-0.05, 0) is 49.9 Å². The Bertz CT molecular complexity index is 783. The standard InChI is InChI=1S/C20H23N3O/c1-16-9-3-6-12-19(16)24-14-8-2-7-13-21-20-17-10-4-5-11-18(17)22-15-23-20/h3-6,9-12,15H,2,7-8,13-14H2,1H3,(H,21,22,23). The number of unbranched alkanes of at least 4 members (excludes halogenated alkanes) is 2. The quantitative estimate of drug-likeness (QED) is 0.616. The summed E-state index contributed by atoms with van der Waals surface area (Å²) < 4.78 is 5.82. The molecule has 0 amide bonds. The molecule has 4 heteroatoms. The summed E-state index contributed by atoms with van der Waals surface area (Å²) in [7, 11) is 0. The van der Waals surface area contributed by atoms with Gasteiger partial charge in [-0.25, -0.2) is 9.97 Å². The lowest BCUT2D eigenvalue weighted by Gasteiger charge is -2.09. The van der Waals surface area contributed by atoms with E-state index in [4.69, 9.17) is 4.74 Å². The first-order chi connectivity index (χ1) is 11.8. The Morgan fingerprint density at radius 1 is 0.917 bits per heavy atom. The van der Waals surface area contributed by atoms with Gasteiger partial charge >= 0.3 is 0 Å². The highest BCUT2D eigenvalue weighted by atomic mass is 16.5. The van der Waals surface area contributed by atoms with Crippen molar-refractivity contribution < 1.29 is 4.74 Å². The van der Waals surface area contributed by atoms with Gasteiger partial charge in [0.25, 0.3) is 0 Å². The lowest BCUT2D eigenvalue weighted by Crippen LogP contribution is -2.05. The van der Waals surface area contributed by atoms with E-state index in [1.54, 1.807) is 6.33 Å². The number of para-hydroxylation sites is 2. The van der Waals surface area contributed by atoms with Crippen molar-refractivity contribution in [3.63, 3.8) is 0 Å². The average Bonchev–Trinajstić information content (AvgIpc) is 2.62. The number of anilines is 1. The largest absolute Gasteiger partial charge is 0.493 e. The lowest BCUT2D eigenvalue weighted by atomic mass is 10.2. The van der Waals surface area contributed by atoms with Crippen LogP contribution >= 0.6 is 0 Å². The molecule has 1 heterocycles. The van der Waals surface area contributed by atoms with E-state index in [1.165, 1.54) is 5.56 Å². The van der Waals surface area contributed by atoms with E-state index in [9.17, 15) is 0 Å². The third-order valence-electron chi connectivity index (χ3n) is 4.01. The molecule has 0 saturated carbocycles. The summed E-state index contributed by atoms with van der Waals surface area (Å²) in [5.41, 5.74) is 2.16. The molecule has 24 heavy (non-hydrogen) atoms. The summed E-state index contributed by atoms with van der Waals surface area (Å²) in [6.07, 6.45) is 4.89. The van der Waals surface area contributed by atoms with E-state index in [0.717, 1.165) is 54.9 Å². The van der Waals surface area contributed by atoms with E-state index in [1.807, 2.05) is 42.5 Å². The number of hydrogen-bond donors (Lipinski definition) is 1. The Kier molecular flexibility index (Phi) is 5.61. The van der Waals surface area contributed by atoms with Crippen LogP contribution in [0.15, 0.2) is 54.9 Å². The van der Waals surface area contributed by atoms with Gasteiger partial charge in [0.1, 0.15) is 17.9 Å². The fourth-order valence-electron chi connectivity index (χ4n) is 2.66. The van der Waals surface area contributed by atoms with Gasteiger partial charge in [-0.1, -0.05) is 30.3 Å². The smallest absolute Gasteiger partial charge is 0.137 e. The molecule has 3 aromatic rings. The topological polar surface area (TPSA) is 47.0 Å². The van der Waals surface area contributed by atoms with Crippen LogP contribution in [0.25, 0.3) is 10.9 Å². The van der Waals surface area contributed by atoms with Gasteiger partial charge in [0.2, 0.25) is 0 Å². The molecule has 1 N–H and O–H groups in total. The average molecular weight is 321 g/mol. The molecule has 0 aliphatic rings. The van der Waals surface area contributed by atoms with Crippen LogP contribution in [-0.2, 0) is 0 Å². The Balaban J connectivity index is 1.37. The zero-order valence-corrected chi connectivity index (χ0v) is 14.0. The molecule has 0 unspecified atom stereocenters. The third kappa shape index (κ3) is 4.22. The van der Waals surface area contributed by atoms with Gasteiger partial charge in [0.15, 0.2) is 0 Å². The molecule has 0 fully saturated rings. The maximum atomic E-state index is 5.82. The lowest BCUT2D eigenvalue weighted by molar-refractivity contribution is 0.304. The Morgan fingerprint density at radius 3 is 2.67 bits per heavy atom. The molecule has 0 radical (unpaired) electrons. The molecule has 0 atom stereocenters. The van der Waals surface area contributed by atoms with Crippen molar-refractivity contribution in [3.8, 4) is 5.75 Å². The summed E-state index contributed by atoms with van der Waals surface area (Å²) >= 11 is 0. The minimum Gasteiger partial charge on any atom is -0.493 e. The minimum atomic E-state index is 0.765. The third-order valence-corrected chi connectivity index (χ3v) is 4.01. The first-order valence-electron chi connectivity index (χ1n) is 8.46. The zero-order valence-electron chi connectivity index (χ0n) is 14.0. The Labute approximate surface area is 142 Å². The summed E-state index contributed by atoms with van der Waals surface area (Å²) in [6.45, 7) is 3.75. The zero-order chi connectivity index (χ0) is 16.6. The highest BCUT2D eigenvalue weighted by molar-refractivity contribution is 5.88. The summed E-state index contributed by atoms with van der Waals surface area (Å²) in [6, 6.07) is 16.2. The number of nitrogens with one attached hydrogen (secondary N) is 1. The van der Waals surface area contributed by atoms with Crippen LogP contribution in [0.3, 0.4) is 0 Å². The maximum Gasteiger partial charge on any atom is 0.137 e. The van der Waals surface area contributed by atoms with Crippen molar-refractivity contribution in [2.75, 3.05) is 18.5 Å². The van der Waals surface area contributed by atoms with E-state index in [-0.39, 0.29) is 0 Å². The van der Waals surface area contributed by atoms with E-state index < -0.39 is 0 Å². The van der Waals surface area contributed by atoms with E-state index in [2.05, 4.69) is 28.3 Å². The normalized spacial score (nSPS) is 10.7. The van der Waals surface area contributed by atoms with Gasteiger partial charge in [0.05, 0.1) is 12.1 Å². The van der Waals surface area contributed by atoms with Crippen LogP contribution in [0.2, 0.25) is 0 Å². The number of ether oxygens (including phenoxy) is 1. The number of nitrogens with zero attached hydrogens (tertiary/aromatic N) is 2. The number of benzene rings is 2. The fraction of sp³-hybridized carbons (Fsp3) is 0.300. The fourth-order valence-corrected chi connectivity index (χ4v) is 2.66. The molecule has 0 aliphatic heterocycles. The van der Waals surface area contributed by atoms with Crippen molar-refractivity contribution in [3.05, 3.63) is 60.4 Å². The van der Waals surface area contributed by atoms with Crippen LogP contribution in [0.4, 0.5) is 5.82 Å². The minimum absolute atomic E-state index is 0.765. The van der Waals surface area contributed by atoms with Gasteiger partial charge < -0.3 is 10.1 Å². The number of aromatic nitrogens is 2. The maximum absolute atomic E-state index is 5.82. The van der Waals surface area contributed by atoms with Crippen molar-refractivity contribution in [1.82, 2.24) is 9.97 Å². The first kappa shape index (κ1) is 16.2. The number of aryl methyl sites for hydroxylation is 1. The summed E-state index contributed by atoms with van der Waals surface area (Å²) in [4.78, 5) is 8.62. The molecule has 2 aromatic carbocycles. The van der Waals surface area contributed by atoms with Crippen LogP contribution in [0.5, 0.6) is 5.75 Å². The van der Waals surface area contributed by atoms with E-state index in [0.29, 0.717) is 0 Å².